The van der Waals surface area contributed by atoms with Crippen molar-refractivity contribution in [2.75, 3.05) is 7.11 Å². The number of benzene rings is 2. The fourth-order valence-electron chi connectivity index (χ4n) is 2.16. The second-order valence-corrected chi connectivity index (χ2v) is 4.87. The predicted octanol–water partition coefficient (Wildman–Crippen LogP) is 3.46. The first kappa shape index (κ1) is 13.0. The van der Waals surface area contributed by atoms with Crippen molar-refractivity contribution in [1.29, 1.82) is 0 Å². The first-order valence-corrected chi connectivity index (χ1v) is 7.19. The van der Waals surface area contributed by atoms with Crippen molar-refractivity contribution in [3.63, 3.8) is 0 Å². The van der Waals surface area contributed by atoms with Gasteiger partial charge in [-0.1, -0.05) is 34.1 Å². The second kappa shape index (κ2) is 5.17. The third-order valence-electron chi connectivity index (χ3n) is 3.13. The van der Waals surface area contributed by atoms with E-state index in [2.05, 4.69) is 25.9 Å². The number of nitrogens with zero attached hydrogens (tertiary/aromatic N) is 2. The number of fused-ring (bicyclic) bond motifs is 2. The number of hydrogen-bond acceptors (Lipinski definition) is 4. The Morgan fingerprint density at radius 1 is 1.10 bits per heavy atom. The van der Waals surface area contributed by atoms with Crippen LogP contribution < -0.4 is 0 Å². The molecule has 3 rings (SSSR count). The number of hydrogen-bond donors (Lipinski definition) is 0. The van der Waals surface area contributed by atoms with Crippen molar-refractivity contribution in [1.82, 2.24) is 9.97 Å². The van der Waals surface area contributed by atoms with Gasteiger partial charge in [-0.05, 0) is 23.8 Å². The summed E-state index contributed by atoms with van der Waals surface area (Å²) < 4.78 is 4.79. The van der Waals surface area contributed by atoms with Gasteiger partial charge in [-0.3, -0.25) is 0 Å². The van der Waals surface area contributed by atoms with Crippen LogP contribution in [0.5, 0.6) is 0 Å². The molecule has 0 aliphatic carbocycles. The number of halogens is 1. The quantitative estimate of drug-likeness (QED) is 0.410. The fourth-order valence-corrected chi connectivity index (χ4v) is 2.61. The van der Waals surface area contributed by atoms with Crippen LogP contribution in [0, 0.1) is 0 Å². The second-order valence-electron chi connectivity index (χ2n) is 4.31. The molecule has 1 heterocycles. The monoisotopic (exact) mass is 330 g/mol. The van der Waals surface area contributed by atoms with Crippen molar-refractivity contribution in [3.05, 3.63) is 47.5 Å². The van der Waals surface area contributed by atoms with Crippen LogP contribution in [0.1, 0.15) is 15.9 Å². The third kappa shape index (κ3) is 2.04. The molecular formula is C15H11BrN2O2. The topological polar surface area (TPSA) is 52.1 Å². The van der Waals surface area contributed by atoms with Crippen molar-refractivity contribution in [3.8, 4) is 0 Å². The Balaban J connectivity index is 2.38. The minimum atomic E-state index is -0.402. The summed E-state index contributed by atoms with van der Waals surface area (Å²) in [7, 11) is 1.36. The number of ether oxygens (including phenoxy) is 1. The summed E-state index contributed by atoms with van der Waals surface area (Å²) in [5, 5.41) is 0.710. The van der Waals surface area contributed by atoms with Crippen LogP contribution in [0.3, 0.4) is 0 Å². The molecule has 0 N–H and O–H groups in total. The molecule has 1 aromatic heterocycles. The highest BCUT2D eigenvalue weighted by molar-refractivity contribution is 9.08. The van der Waals surface area contributed by atoms with E-state index in [4.69, 9.17) is 4.74 Å². The first-order valence-electron chi connectivity index (χ1n) is 6.07. The summed E-state index contributed by atoms with van der Waals surface area (Å²) in [6, 6.07) is 11.2. The van der Waals surface area contributed by atoms with Gasteiger partial charge in [0.25, 0.3) is 0 Å². The summed E-state index contributed by atoms with van der Waals surface area (Å²) in [5.74, 6) is -0.402. The Bertz CT molecular complexity index is 817. The number of carbonyl (C=O) groups excluding carboxylic acids is 1. The number of aromatic nitrogens is 2. The molecule has 0 saturated heterocycles. The predicted molar refractivity (Wildman–Crippen MR) is 81.0 cm³/mol. The number of alkyl halides is 1. The van der Waals surface area contributed by atoms with Crippen LogP contribution >= 0.6 is 15.9 Å². The van der Waals surface area contributed by atoms with E-state index < -0.39 is 5.97 Å². The zero-order valence-corrected chi connectivity index (χ0v) is 12.3. The highest BCUT2D eigenvalue weighted by Crippen LogP contribution is 2.23. The van der Waals surface area contributed by atoms with Gasteiger partial charge in [0.05, 0.1) is 29.2 Å². The molecule has 0 saturated carbocycles. The zero-order valence-electron chi connectivity index (χ0n) is 10.8. The van der Waals surface area contributed by atoms with Crippen molar-refractivity contribution in [2.24, 2.45) is 0 Å². The standard InChI is InChI=1S/C15H11BrN2O2/c1-20-15(19)10-5-3-7-12-14(10)18-11-6-2-4-9(8-16)13(11)17-12/h2-7H,8H2,1H3. The zero-order chi connectivity index (χ0) is 14.1. The molecule has 0 radical (unpaired) electrons. The molecule has 0 spiro atoms. The van der Waals surface area contributed by atoms with Gasteiger partial charge in [-0.2, -0.15) is 0 Å². The van der Waals surface area contributed by atoms with Crippen molar-refractivity contribution >= 4 is 44.0 Å². The lowest BCUT2D eigenvalue weighted by molar-refractivity contribution is 0.0603. The smallest absolute Gasteiger partial charge is 0.340 e. The normalized spacial score (nSPS) is 10.9. The molecule has 3 aromatic rings. The Morgan fingerprint density at radius 3 is 2.45 bits per heavy atom. The van der Waals surface area contributed by atoms with E-state index in [-0.39, 0.29) is 0 Å². The average Bonchev–Trinajstić information content (AvgIpc) is 2.51. The van der Waals surface area contributed by atoms with Gasteiger partial charge < -0.3 is 4.74 Å². The fraction of sp³-hybridized carbons (Fsp3) is 0.133. The van der Waals surface area contributed by atoms with Crippen LogP contribution in [-0.2, 0) is 10.1 Å². The molecule has 4 nitrogen and oxygen atoms in total. The molecule has 0 bridgehead atoms. The maximum atomic E-state index is 11.8. The molecule has 0 atom stereocenters. The lowest BCUT2D eigenvalue weighted by Gasteiger charge is -2.07. The molecule has 20 heavy (non-hydrogen) atoms. The number of para-hydroxylation sites is 2. The molecule has 0 aliphatic heterocycles. The summed E-state index contributed by atoms with van der Waals surface area (Å²) in [6.07, 6.45) is 0. The minimum absolute atomic E-state index is 0.402. The van der Waals surface area contributed by atoms with E-state index in [0.717, 1.165) is 16.6 Å². The van der Waals surface area contributed by atoms with Crippen molar-refractivity contribution < 1.29 is 9.53 Å². The van der Waals surface area contributed by atoms with Crippen LogP contribution in [0.25, 0.3) is 22.1 Å². The minimum Gasteiger partial charge on any atom is -0.465 e. The summed E-state index contributed by atoms with van der Waals surface area (Å²) in [4.78, 5) is 21.0. The summed E-state index contributed by atoms with van der Waals surface area (Å²) >= 11 is 3.45. The van der Waals surface area contributed by atoms with E-state index in [0.29, 0.717) is 21.9 Å². The van der Waals surface area contributed by atoms with Gasteiger partial charge in [-0.15, -0.1) is 0 Å². The average molecular weight is 331 g/mol. The lowest BCUT2D eigenvalue weighted by Crippen LogP contribution is -2.04. The van der Waals surface area contributed by atoms with E-state index in [1.165, 1.54) is 7.11 Å². The van der Waals surface area contributed by atoms with E-state index in [1.807, 2.05) is 24.3 Å². The van der Waals surface area contributed by atoms with Gasteiger partial charge >= 0.3 is 5.97 Å². The van der Waals surface area contributed by atoms with Gasteiger partial charge in [-0.25, -0.2) is 14.8 Å². The maximum absolute atomic E-state index is 11.8. The van der Waals surface area contributed by atoms with Gasteiger partial charge in [0, 0.05) is 5.33 Å². The molecule has 0 fully saturated rings. The first-order chi connectivity index (χ1) is 9.74. The Hall–Kier alpha value is -2.01. The van der Waals surface area contributed by atoms with Gasteiger partial charge in [0.2, 0.25) is 0 Å². The highest BCUT2D eigenvalue weighted by Gasteiger charge is 2.13. The molecule has 5 heteroatoms. The number of rotatable bonds is 2. The van der Waals surface area contributed by atoms with Gasteiger partial charge in [0.15, 0.2) is 0 Å². The summed E-state index contributed by atoms with van der Waals surface area (Å²) in [6.45, 7) is 0. The molecule has 2 aromatic carbocycles. The molecule has 0 amide bonds. The third-order valence-corrected chi connectivity index (χ3v) is 3.73. The van der Waals surface area contributed by atoms with Crippen LogP contribution in [-0.4, -0.2) is 23.0 Å². The Kier molecular flexibility index (Phi) is 3.36. The molecular weight excluding hydrogens is 320 g/mol. The van der Waals surface area contributed by atoms with E-state index >= 15 is 0 Å². The number of carbonyl (C=O) groups is 1. The lowest BCUT2D eigenvalue weighted by atomic mass is 10.1. The summed E-state index contributed by atoms with van der Waals surface area (Å²) in [5.41, 5.74) is 4.38. The molecule has 100 valence electrons. The Labute approximate surface area is 123 Å². The highest BCUT2D eigenvalue weighted by atomic mass is 79.9. The van der Waals surface area contributed by atoms with Crippen LogP contribution in [0.2, 0.25) is 0 Å². The van der Waals surface area contributed by atoms with E-state index in [9.17, 15) is 4.79 Å². The molecule has 0 unspecified atom stereocenters. The van der Waals surface area contributed by atoms with E-state index in [1.54, 1.807) is 12.1 Å². The van der Waals surface area contributed by atoms with Crippen LogP contribution in [0.15, 0.2) is 36.4 Å². The Morgan fingerprint density at radius 2 is 1.75 bits per heavy atom. The van der Waals surface area contributed by atoms with Crippen molar-refractivity contribution in [2.45, 2.75) is 5.33 Å². The largest absolute Gasteiger partial charge is 0.465 e. The van der Waals surface area contributed by atoms with Crippen LogP contribution in [0.4, 0.5) is 0 Å². The number of esters is 1. The SMILES string of the molecule is COC(=O)c1cccc2nc3c(CBr)cccc3nc12. The van der Waals surface area contributed by atoms with Gasteiger partial charge in [0.1, 0.15) is 5.52 Å². The maximum Gasteiger partial charge on any atom is 0.340 e. The molecule has 0 aliphatic rings. The number of methoxy groups -OCH3 is 1.